The highest BCUT2D eigenvalue weighted by Crippen LogP contribution is 2.39. The summed E-state index contributed by atoms with van der Waals surface area (Å²) in [5, 5.41) is 13.4. The normalized spacial score (nSPS) is 14.7. The second kappa shape index (κ2) is 15.4. The van der Waals surface area contributed by atoms with Gasteiger partial charge in [-0.3, -0.25) is 4.79 Å². The topological polar surface area (TPSA) is 139 Å². The summed E-state index contributed by atoms with van der Waals surface area (Å²) in [6, 6.07) is 4.74. The first kappa shape index (κ1) is 27.7. The minimum absolute atomic E-state index is 0.0138. The Morgan fingerprint density at radius 2 is 1.74 bits per heavy atom. The number of ether oxygens (including phenoxy) is 5. The molecule has 0 aromatic heterocycles. The summed E-state index contributed by atoms with van der Waals surface area (Å²) in [5.41, 5.74) is 5.94. The predicted molar refractivity (Wildman–Crippen MR) is 128 cm³/mol. The van der Waals surface area contributed by atoms with Crippen LogP contribution in [0.15, 0.2) is 33.7 Å². The summed E-state index contributed by atoms with van der Waals surface area (Å²) >= 11 is 1.15. The number of benzene rings is 1. The highest BCUT2D eigenvalue weighted by Gasteiger charge is 2.34. The van der Waals surface area contributed by atoms with Gasteiger partial charge >= 0.3 is 5.97 Å². The maximum absolute atomic E-state index is 12.7. The van der Waals surface area contributed by atoms with Crippen molar-refractivity contribution in [2.24, 2.45) is 5.73 Å². The summed E-state index contributed by atoms with van der Waals surface area (Å²) in [5.74, 6) is -0.846. The Morgan fingerprint density at radius 3 is 2.35 bits per heavy atom. The molecule has 0 saturated carbocycles. The maximum Gasteiger partial charge on any atom is 0.344 e. The molecule has 0 atom stereocenters. The van der Waals surface area contributed by atoms with Gasteiger partial charge in [-0.25, -0.2) is 4.79 Å². The van der Waals surface area contributed by atoms with E-state index in [4.69, 9.17) is 29.4 Å². The minimum Gasteiger partial charge on any atom is -0.504 e. The lowest BCUT2D eigenvalue weighted by Gasteiger charge is -2.10. The van der Waals surface area contributed by atoms with Crippen LogP contribution in [-0.4, -0.2) is 83.3 Å². The molecule has 10 nitrogen and oxygen atoms in total. The summed E-state index contributed by atoms with van der Waals surface area (Å²) < 4.78 is 26.6. The molecule has 0 radical (unpaired) electrons. The number of esters is 1. The first-order chi connectivity index (χ1) is 16.5. The van der Waals surface area contributed by atoms with Crippen molar-refractivity contribution in [2.45, 2.75) is 6.92 Å². The number of phenolic OH excluding ortho intramolecular Hbond substituents is 1. The number of carbonyl (C=O) groups excluding carboxylic acids is 2. The number of phenols is 1. The average Bonchev–Trinajstić information content (AvgIpc) is 3.14. The third-order valence-corrected chi connectivity index (χ3v) is 5.51. The van der Waals surface area contributed by atoms with E-state index in [0.717, 1.165) is 11.8 Å². The minimum atomic E-state index is -0.659. The van der Waals surface area contributed by atoms with E-state index in [0.29, 0.717) is 61.7 Å². The Labute approximate surface area is 203 Å². The molecular weight excluding hydrogens is 464 g/mol. The quantitative estimate of drug-likeness (QED) is 0.133. The number of thioether (sulfide) groups is 1. The first-order valence-electron chi connectivity index (χ1n) is 10.9. The van der Waals surface area contributed by atoms with Crippen LogP contribution >= 0.6 is 11.8 Å². The van der Waals surface area contributed by atoms with Crippen molar-refractivity contribution in [3.8, 4) is 11.5 Å². The zero-order chi connectivity index (χ0) is 24.8. The Morgan fingerprint density at radius 1 is 1.09 bits per heavy atom. The highest BCUT2D eigenvalue weighted by molar-refractivity contribution is 8.08. The number of nitrogens with two attached hydrogens (primary N) is 1. The van der Waals surface area contributed by atoms with E-state index in [1.54, 1.807) is 32.2 Å². The molecule has 4 N–H and O–H groups in total. The van der Waals surface area contributed by atoms with Crippen LogP contribution in [0.2, 0.25) is 0 Å². The van der Waals surface area contributed by atoms with Crippen molar-refractivity contribution in [1.82, 2.24) is 5.32 Å². The number of hydrogen-bond acceptors (Lipinski definition) is 11. The number of hydrogen-bond donors (Lipinski definition) is 3. The molecule has 0 aliphatic carbocycles. The van der Waals surface area contributed by atoms with Gasteiger partial charge in [0.05, 0.1) is 56.2 Å². The zero-order valence-electron chi connectivity index (χ0n) is 19.5. The molecule has 2 rings (SSSR count). The fraction of sp³-hybridized carbons (Fsp3) is 0.478. The lowest BCUT2D eigenvalue weighted by atomic mass is 10.1. The Balaban J connectivity index is 1.83. The molecule has 34 heavy (non-hydrogen) atoms. The smallest absolute Gasteiger partial charge is 0.344 e. The molecule has 1 aromatic rings. The number of nitrogens with one attached hydrogen (secondary N) is 1. The van der Waals surface area contributed by atoms with Crippen molar-refractivity contribution in [1.29, 1.82) is 0 Å². The number of rotatable bonds is 16. The monoisotopic (exact) mass is 496 g/mol. The molecule has 0 spiro atoms. The van der Waals surface area contributed by atoms with Crippen molar-refractivity contribution in [3.05, 3.63) is 39.3 Å². The fourth-order valence-corrected chi connectivity index (χ4v) is 3.81. The molecule has 0 fully saturated rings. The fourth-order valence-electron chi connectivity index (χ4n) is 2.82. The van der Waals surface area contributed by atoms with Crippen LogP contribution in [-0.2, 0) is 28.5 Å². The second-order valence-corrected chi connectivity index (χ2v) is 7.87. The summed E-state index contributed by atoms with van der Waals surface area (Å²) in [4.78, 5) is 25.2. The van der Waals surface area contributed by atoms with Crippen molar-refractivity contribution >= 4 is 29.6 Å². The van der Waals surface area contributed by atoms with E-state index in [1.807, 2.05) is 0 Å². The molecular formula is C23H32N2O8S. The van der Waals surface area contributed by atoms with Crippen molar-refractivity contribution in [3.63, 3.8) is 0 Å². The molecule has 1 aliphatic rings. The summed E-state index contributed by atoms with van der Waals surface area (Å²) in [6.07, 6.45) is 1.63. The van der Waals surface area contributed by atoms with Gasteiger partial charge in [-0.05, 0) is 30.7 Å². The summed E-state index contributed by atoms with van der Waals surface area (Å²) in [6.45, 7) is 5.19. The highest BCUT2D eigenvalue weighted by atomic mass is 32.2. The van der Waals surface area contributed by atoms with Gasteiger partial charge in [-0.2, -0.15) is 0 Å². The van der Waals surface area contributed by atoms with E-state index >= 15 is 0 Å². The lowest BCUT2D eigenvalue weighted by molar-refractivity contribution is -0.139. The molecule has 0 saturated heterocycles. The molecule has 1 aliphatic heterocycles. The third-order valence-electron chi connectivity index (χ3n) is 4.37. The van der Waals surface area contributed by atoms with E-state index < -0.39 is 11.8 Å². The first-order valence-corrected chi connectivity index (χ1v) is 11.8. The van der Waals surface area contributed by atoms with E-state index in [1.165, 1.54) is 6.07 Å². The van der Waals surface area contributed by atoms with E-state index in [-0.39, 0.29) is 30.3 Å². The van der Waals surface area contributed by atoms with Crippen molar-refractivity contribution < 1.29 is 38.4 Å². The number of Topliss-reactive ketones (excluding diaryl/α,β-unsaturated/α-hetero) is 1. The van der Waals surface area contributed by atoms with E-state index in [9.17, 15) is 14.7 Å². The van der Waals surface area contributed by atoms with Crippen LogP contribution in [0.1, 0.15) is 12.5 Å². The van der Waals surface area contributed by atoms with Gasteiger partial charge in [0.1, 0.15) is 12.2 Å². The van der Waals surface area contributed by atoms with Gasteiger partial charge in [0, 0.05) is 13.6 Å². The second-order valence-electron chi connectivity index (χ2n) is 6.82. The van der Waals surface area contributed by atoms with Gasteiger partial charge in [-0.1, -0.05) is 17.8 Å². The molecule has 1 heterocycles. The largest absolute Gasteiger partial charge is 0.504 e. The van der Waals surface area contributed by atoms with Crippen LogP contribution in [0.25, 0.3) is 6.08 Å². The summed E-state index contributed by atoms with van der Waals surface area (Å²) in [7, 11) is 1.64. The number of ketones is 1. The molecule has 0 amide bonds. The van der Waals surface area contributed by atoms with Gasteiger partial charge < -0.3 is 39.8 Å². The van der Waals surface area contributed by atoms with Gasteiger partial charge in [0.15, 0.2) is 11.5 Å². The average molecular weight is 497 g/mol. The van der Waals surface area contributed by atoms with Crippen LogP contribution in [0.3, 0.4) is 0 Å². The van der Waals surface area contributed by atoms with Crippen LogP contribution < -0.4 is 15.8 Å². The van der Waals surface area contributed by atoms with Crippen LogP contribution in [0.4, 0.5) is 0 Å². The predicted octanol–water partition coefficient (Wildman–Crippen LogP) is 1.43. The molecule has 0 unspecified atom stereocenters. The molecule has 0 bridgehead atoms. The number of aromatic hydroxyl groups is 1. The lowest BCUT2D eigenvalue weighted by Crippen LogP contribution is -2.17. The zero-order valence-corrected chi connectivity index (χ0v) is 20.3. The van der Waals surface area contributed by atoms with E-state index in [2.05, 4.69) is 5.32 Å². The molecule has 11 heteroatoms. The standard InChI is InChI=1S/C23H32N2O8S/c1-3-32-23(28)20-21(27)19(34-22(20)25-2)15-16-4-5-17(26)18(14-16)33-13-12-31-11-10-30-9-8-29-7-6-24/h4-5,14-15,25-26H,3,6-13,24H2,1-2H3/b19-15-. The number of carbonyl (C=O) groups is 2. The van der Waals surface area contributed by atoms with Gasteiger partial charge in [0.2, 0.25) is 5.78 Å². The Kier molecular flexibility index (Phi) is 12.5. The van der Waals surface area contributed by atoms with Crippen LogP contribution in [0, 0.1) is 0 Å². The molecule has 1 aromatic carbocycles. The van der Waals surface area contributed by atoms with Crippen LogP contribution in [0.5, 0.6) is 11.5 Å². The van der Waals surface area contributed by atoms with Crippen molar-refractivity contribution in [2.75, 3.05) is 66.4 Å². The SMILES string of the molecule is CCOC(=O)C1=C(NC)S/C(=C\c2ccc(O)c(OCCOCCOCCOCCN)c2)C1=O. The maximum atomic E-state index is 12.7. The third kappa shape index (κ3) is 8.65. The van der Waals surface area contributed by atoms with Gasteiger partial charge in [0.25, 0.3) is 0 Å². The van der Waals surface area contributed by atoms with Gasteiger partial charge in [-0.15, -0.1) is 0 Å². The Hall–Kier alpha value is -2.57. The molecule has 188 valence electrons. The Bertz CT molecular complexity index is 888. The number of allylic oxidation sites excluding steroid dienone is 1.